The number of H-pyrrole nitrogens is 1. The van der Waals surface area contributed by atoms with Gasteiger partial charge in [0.2, 0.25) is 0 Å². The lowest BCUT2D eigenvalue weighted by Crippen LogP contribution is -2.24. The zero-order valence-corrected chi connectivity index (χ0v) is 8.74. The Morgan fingerprint density at radius 3 is 2.93 bits per heavy atom. The fourth-order valence-electron chi connectivity index (χ4n) is 1.21. The molecule has 7 nitrogen and oxygen atoms in total. The van der Waals surface area contributed by atoms with Crippen LogP contribution in [0.1, 0.15) is 6.92 Å². The predicted octanol–water partition coefficient (Wildman–Crippen LogP) is -0.349. The maximum Gasteiger partial charge on any atom is 0.260 e. The molecule has 0 saturated carbocycles. The Morgan fingerprint density at radius 1 is 1.40 bits per heavy atom. The number of nitrogens with one attached hydrogen (secondary N) is 2. The van der Waals surface area contributed by atoms with Gasteiger partial charge in [0.25, 0.3) is 10.0 Å². The Kier molecular flexibility index (Phi) is 2.37. The minimum atomic E-state index is -3.58. The standard InChI is InChI=1S/C7H9N5O2S/c1-2-12-15(13,14)7-5-6(9-3-8-5)10-4-11-7/h3-4,12H,2H2,1H3,(H,8,9,10,11). The topological polar surface area (TPSA) is 101 Å². The summed E-state index contributed by atoms with van der Waals surface area (Å²) in [5, 5.41) is -0.0770. The monoisotopic (exact) mass is 227 g/mol. The van der Waals surface area contributed by atoms with Gasteiger partial charge in [-0.15, -0.1) is 0 Å². The van der Waals surface area contributed by atoms with Crippen LogP contribution in [0.15, 0.2) is 17.7 Å². The molecule has 0 aliphatic rings. The lowest BCUT2D eigenvalue weighted by Gasteiger charge is -2.02. The van der Waals surface area contributed by atoms with Crippen LogP contribution >= 0.6 is 0 Å². The van der Waals surface area contributed by atoms with Crippen LogP contribution in [0, 0.1) is 0 Å². The van der Waals surface area contributed by atoms with Crippen molar-refractivity contribution in [3.8, 4) is 0 Å². The third kappa shape index (κ3) is 1.68. The summed E-state index contributed by atoms with van der Waals surface area (Å²) in [4.78, 5) is 14.1. The highest BCUT2D eigenvalue weighted by atomic mass is 32.2. The third-order valence-corrected chi connectivity index (χ3v) is 3.26. The quantitative estimate of drug-likeness (QED) is 0.698. The highest BCUT2D eigenvalue weighted by Crippen LogP contribution is 2.14. The number of fused-ring (bicyclic) bond motifs is 1. The Balaban J connectivity index is 2.66. The Bertz CT molecular complexity index is 576. The maximum absolute atomic E-state index is 11.7. The molecule has 0 atom stereocenters. The summed E-state index contributed by atoms with van der Waals surface area (Å²) in [6.45, 7) is 2.00. The minimum Gasteiger partial charge on any atom is -0.341 e. The van der Waals surface area contributed by atoms with Gasteiger partial charge in [0.1, 0.15) is 11.8 Å². The number of hydrogen-bond donors (Lipinski definition) is 2. The molecule has 2 aromatic heterocycles. The summed E-state index contributed by atoms with van der Waals surface area (Å²) >= 11 is 0. The van der Waals surface area contributed by atoms with Crippen LogP contribution in [0.5, 0.6) is 0 Å². The molecule has 0 aromatic carbocycles. The fraction of sp³-hybridized carbons (Fsp3) is 0.286. The molecule has 80 valence electrons. The van der Waals surface area contributed by atoms with E-state index in [1.807, 2.05) is 0 Å². The van der Waals surface area contributed by atoms with Crippen LogP contribution in [-0.4, -0.2) is 34.9 Å². The molecule has 15 heavy (non-hydrogen) atoms. The highest BCUT2D eigenvalue weighted by Gasteiger charge is 2.19. The fourth-order valence-corrected chi connectivity index (χ4v) is 2.33. The highest BCUT2D eigenvalue weighted by molar-refractivity contribution is 7.89. The van der Waals surface area contributed by atoms with Crippen molar-refractivity contribution in [1.82, 2.24) is 24.7 Å². The zero-order valence-electron chi connectivity index (χ0n) is 7.93. The van der Waals surface area contributed by atoms with Crippen LogP contribution < -0.4 is 4.72 Å². The van der Waals surface area contributed by atoms with E-state index in [1.165, 1.54) is 12.7 Å². The zero-order chi connectivity index (χ0) is 10.9. The van der Waals surface area contributed by atoms with E-state index in [-0.39, 0.29) is 5.03 Å². The van der Waals surface area contributed by atoms with Gasteiger partial charge in [-0.25, -0.2) is 28.1 Å². The van der Waals surface area contributed by atoms with Crippen LogP contribution in [0.3, 0.4) is 0 Å². The summed E-state index contributed by atoms with van der Waals surface area (Å²) < 4.78 is 25.7. The Hall–Kier alpha value is -1.54. The van der Waals surface area contributed by atoms with Crippen molar-refractivity contribution in [2.24, 2.45) is 0 Å². The SMILES string of the molecule is CCNS(=O)(=O)c1ncnc2nc[nH]c12. The van der Waals surface area contributed by atoms with E-state index in [0.29, 0.717) is 17.7 Å². The molecule has 0 aliphatic heterocycles. The number of imidazole rings is 1. The average Bonchev–Trinajstić information content (AvgIpc) is 2.64. The van der Waals surface area contributed by atoms with Crippen LogP contribution in [-0.2, 0) is 10.0 Å². The van der Waals surface area contributed by atoms with Crippen LogP contribution in [0.4, 0.5) is 0 Å². The molecule has 0 spiro atoms. The van der Waals surface area contributed by atoms with Crippen LogP contribution in [0.25, 0.3) is 11.2 Å². The van der Waals surface area contributed by atoms with Gasteiger partial charge in [-0.1, -0.05) is 6.92 Å². The van der Waals surface area contributed by atoms with Crippen LogP contribution in [0.2, 0.25) is 0 Å². The molecule has 2 N–H and O–H groups in total. The maximum atomic E-state index is 11.7. The van der Waals surface area contributed by atoms with E-state index in [9.17, 15) is 8.42 Å². The molecular weight excluding hydrogens is 218 g/mol. The number of rotatable bonds is 3. The molecule has 0 fully saturated rings. The molecule has 0 amide bonds. The first-order valence-electron chi connectivity index (χ1n) is 4.29. The first kappa shape index (κ1) is 9.99. The summed E-state index contributed by atoms with van der Waals surface area (Å²) in [5.74, 6) is 0. The third-order valence-electron chi connectivity index (χ3n) is 1.78. The van der Waals surface area contributed by atoms with Gasteiger partial charge in [0, 0.05) is 6.54 Å². The second kappa shape index (κ2) is 3.55. The van der Waals surface area contributed by atoms with E-state index in [4.69, 9.17) is 0 Å². The average molecular weight is 227 g/mol. The lowest BCUT2D eigenvalue weighted by atomic mass is 10.6. The normalized spacial score (nSPS) is 12.1. The van der Waals surface area contributed by atoms with Crippen molar-refractivity contribution in [3.05, 3.63) is 12.7 Å². The van der Waals surface area contributed by atoms with E-state index >= 15 is 0 Å². The van der Waals surface area contributed by atoms with Gasteiger partial charge in [0.15, 0.2) is 10.7 Å². The van der Waals surface area contributed by atoms with Gasteiger partial charge in [0.05, 0.1) is 6.33 Å². The second-order valence-electron chi connectivity index (χ2n) is 2.78. The molecule has 0 saturated heterocycles. The van der Waals surface area contributed by atoms with Gasteiger partial charge in [-0.2, -0.15) is 0 Å². The van der Waals surface area contributed by atoms with Crippen molar-refractivity contribution in [2.75, 3.05) is 6.54 Å². The molecule has 0 aliphatic carbocycles. The summed E-state index contributed by atoms with van der Waals surface area (Å²) in [6, 6.07) is 0. The van der Waals surface area contributed by atoms with E-state index in [2.05, 4.69) is 24.7 Å². The lowest BCUT2D eigenvalue weighted by molar-refractivity contribution is 0.581. The Labute approximate surface area is 86.0 Å². The van der Waals surface area contributed by atoms with Gasteiger partial charge in [-0.3, -0.25) is 0 Å². The molecule has 2 heterocycles. The van der Waals surface area contributed by atoms with Crippen molar-refractivity contribution >= 4 is 21.2 Å². The number of aromatic amines is 1. The second-order valence-corrected chi connectivity index (χ2v) is 4.46. The smallest absolute Gasteiger partial charge is 0.260 e. The first-order valence-corrected chi connectivity index (χ1v) is 5.77. The summed E-state index contributed by atoms with van der Waals surface area (Å²) in [7, 11) is -3.58. The van der Waals surface area contributed by atoms with Crippen molar-refractivity contribution < 1.29 is 8.42 Å². The summed E-state index contributed by atoms with van der Waals surface area (Å²) in [6.07, 6.45) is 2.55. The largest absolute Gasteiger partial charge is 0.341 e. The van der Waals surface area contributed by atoms with E-state index in [1.54, 1.807) is 6.92 Å². The van der Waals surface area contributed by atoms with E-state index < -0.39 is 10.0 Å². The number of nitrogens with zero attached hydrogens (tertiary/aromatic N) is 3. The first-order chi connectivity index (χ1) is 7.15. The number of hydrogen-bond acceptors (Lipinski definition) is 5. The molecule has 2 aromatic rings. The molecule has 0 unspecified atom stereocenters. The summed E-state index contributed by atoms with van der Waals surface area (Å²) in [5.41, 5.74) is 0.653. The minimum absolute atomic E-state index is 0.0770. The molecule has 2 rings (SSSR count). The van der Waals surface area contributed by atoms with Gasteiger partial charge >= 0.3 is 0 Å². The molecular formula is C7H9N5O2S. The van der Waals surface area contributed by atoms with Crippen molar-refractivity contribution in [1.29, 1.82) is 0 Å². The number of aromatic nitrogens is 4. The molecule has 0 bridgehead atoms. The van der Waals surface area contributed by atoms with Gasteiger partial charge < -0.3 is 4.98 Å². The van der Waals surface area contributed by atoms with Crippen molar-refractivity contribution in [3.63, 3.8) is 0 Å². The predicted molar refractivity (Wildman–Crippen MR) is 52.5 cm³/mol. The van der Waals surface area contributed by atoms with Crippen molar-refractivity contribution in [2.45, 2.75) is 11.9 Å². The van der Waals surface area contributed by atoms with E-state index in [0.717, 1.165) is 0 Å². The number of sulfonamides is 1. The molecule has 0 radical (unpaired) electrons. The molecule has 8 heteroatoms. The Morgan fingerprint density at radius 2 is 2.20 bits per heavy atom. The van der Waals surface area contributed by atoms with Gasteiger partial charge in [-0.05, 0) is 0 Å².